The molecule has 0 saturated heterocycles. The summed E-state index contributed by atoms with van der Waals surface area (Å²) >= 11 is 0. The standard InChI is InChI=1S/C29H49NO10/c1-2-3-4-8-11-28(31)39-25-24-38-23-22-37-21-20-36-19-18-35-17-16-34-15-14-33-13-12-30-29(32)40-26-27-9-6-5-7-10-27/h5-7,9-10H,2-4,8,11-26H2,1H3,(H,30,32). The van der Waals surface area contributed by atoms with Crippen molar-refractivity contribution in [2.24, 2.45) is 0 Å². The van der Waals surface area contributed by atoms with Crippen molar-refractivity contribution in [3.8, 4) is 0 Å². The van der Waals surface area contributed by atoms with Crippen LogP contribution in [0.2, 0.25) is 0 Å². The van der Waals surface area contributed by atoms with E-state index in [0.29, 0.717) is 92.2 Å². The second-order valence-electron chi connectivity index (χ2n) is 8.69. The summed E-state index contributed by atoms with van der Waals surface area (Å²) in [6, 6.07) is 9.50. The molecule has 11 nitrogen and oxygen atoms in total. The van der Waals surface area contributed by atoms with Gasteiger partial charge in [-0.25, -0.2) is 4.79 Å². The van der Waals surface area contributed by atoms with Crippen molar-refractivity contribution in [3.63, 3.8) is 0 Å². The first-order chi connectivity index (χ1) is 19.7. The molecule has 0 aliphatic rings. The lowest BCUT2D eigenvalue weighted by molar-refractivity contribution is -0.145. The number of carbonyl (C=O) groups is 2. The van der Waals surface area contributed by atoms with E-state index in [1.54, 1.807) is 0 Å². The summed E-state index contributed by atoms with van der Waals surface area (Å²) in [4.78, 5) is 23.1. The number of alkyl carbamates (subject to hydrolysis) is 1. The topological polar surface area (TPSA) is 120 Å². The third kappa shape index (κ3) is 24.7. The van der Waals surface area contributed by atoms with Gasteiger partial charge in [0.15, 0.2) is 0 Å². The highest BCUT2D eigenvalue weighted by atomic mass is 16.6. The Labute approximate surface area is 239 Å². The van der Waals surface area contributed by atoms with E-state index >= 15 is 0 Å². The Morgan fingerprint density at radius 3 is 1.62 bits per heavy atom. The van der Waals surface area contributed by atoms with E-state index in [9.17, 15) is 9.59 Å². The molecular formula is C29H49NO10. The molecule has 1 aromatic rings. The average molecular weight is 572 g/mol. The number of esters is 1. The van der Waals surface area contributed by atoms with Crippen LogP contribution in [-0.4, -0.2) is 104 Å². The van der Waals surface area contributed by atoms with Crippen molar-refractivity contribution < 1.29 is 47.5 Å². The van der Waals surface area contributed by atoms with E-state index in [-0.39, 0.29) is 19.2 Å². The number of hydrogen-bond donors (Lipinski definition) is 1. The van der Waals surface area contributed by atoms with Gasteiger partial charge in [-0.05, 0) is 12.0 Å². The molecule has 0 aliphatic carbocycles. The minimum absolute atomic E-state index is 0.156. The van der Waals surface area contributed by atoms with Crippen LogP contribution < -0.4 is 5.32 Å². The number of carbonyl (C=O) groups excluding carboxylic acids is 2. The summed E-state index contributed by atoms with van der Waals surface area (Å²) in [5.41, 5.74) is 0.938. The minimum atomic E-state index is -0.470. The van der Waals surface area contributed by atoms with E-state index in [2.05, 4.69) is 12.2 Å². The molecule has 0 radical (unpaired) electrons. The average Bonchev–Trinajstić information content (AvgIpc) is 2.97. The molecule has 1 N–H and O–H groups in total. The fourth-order valence-corrected chi connectivity index (χ4v) is 3.18. The number of ether oxygens (including phenoxy) is 8. The molecule has 0 atom stereocenters. The monoisotopic (exact) mass is 571 g/mol. The maximum Gasteiger partial charge on any atom is 0.407 e. The number of hydrogen-bond acceptors (Lipinski definition) is 10. The molecule has 0 bridgehead atoms. The summed E-state index contributed by atoms with van der Waals surface area (Å²) in [5, 5.41) is 2.64. The van der Waals surface area contributed by atoms with Gasteiger partial charge in [0.1, 0.15) is 13.2 Å². The highest BCUT2D eigenvalue weighted by molar-refractivity contribution is 5.69. The van der Waals surface area contributed by atoms with Crippen molar-refractivity contribution in [2.45, 2.75) is 45.6 Å². The van der Waals surface area contributed by atoms with Gasteiger partial charge in [-0.15, -0.1) is 0 Å². The third-order valence-electron chi connectivity index (χ3n) is 5.31. The third-order valence-corrected chi connectivity index (χ3v) is 5.31. The van der Waals surface area contributed by atoms with Crippen LogP contribution >= 0.6 is 0 Å². The van der Waals surface area contributed by atoms with Crippen LogP contribution in [0.5, 0.6) is 0 Å². The number of rotatable bonds is 28. The van der Waals surface area contributed by atoms with Gasteiger partial charge in [0, 0.05) is 13.0 Å². The van der Waals surface area contributed by atoms with Crippen LogP contribution in [0.1, 0.15) is 44.6 Å². The number of benzene rings is 1. The fourth-order valence-electron chi connectivity index (χ4n) is 3.18. The van der Waals surface area contributed by atoms with Crippen molar-refractivity contribution in [1.82, 2.24) is 5.32 Å². The highest BCUT2D eigenvalue weighted by Crippen LogP contribution is 2.03. The van der Waals surface area contributed by atoms with Crippen LogP contribution in [0.25, 0.3) is 0 Å². The maximum absolute atomic E-state index is 11.6. The van der Waals surface area contributed by atoms with Gasteiger partial charge in [-0.2, -0.15) is 0 Å². The van der Waals surface area contributed by atoms with Crippen molar-refractivity contribution in [2.75, 3.05) is 92.4 Å². The molecule has 0 heterocycles. The Balaban J connectivity index is 1.69. The SMILES string of the molecule is CCCCCCC(=O)OCCOCCOCCOCCOCCOCCOCCNC(=O)OCc1ccccc1. The molecule has 40 heavy (non-hydrogen) atoms. The Morgan fingerprint density at radius 2 is 1.10 bits per heavy atom. The zero-order valence-electron chi connectivity index (χ0n) is 24.1. The van der Waals surface area contributed by atoms with Crippen LogP contribution in [0.3, 0.4) is 0 Å². The van der Waals surface area contributed by atoms with Gasteiger partial charge in [0.05, 0.1) is 79.3 Å². The van der Waals surface area contributed by atoms with Gasteiger partial charge >= 0.3 is 12.1 Å². The van der Waals surface area contributed by atoms with Crippen molar-refractivity contribution in [3.05, 3.63) is 35.9 Å². The molecule has 0 saturated carbocycles. The predicted molar refractivity (Wildman–Crippen MR) is 149 cm³/mol. The molecule has 1 amide bonds. The van der Waals surface area contributed by atoms with Gasteiger partial charge in [0.25, 0.3) is 0 Å². The van der Waals surface area contributed by atoms with Crippen LogP contribution in [0.4, 0.5) is 4.79 Å². The highest BCUT2D eigenvalue weighted by Gasteiger charge is 2.03. The smallest absolute Gasteiger partial charge is 0.407 e. The van der Waals surface area contributed by atoms with Crippen molar-refractivity contribution in [1.29, 1.82) is 0 Å². The van der Waals surface area contributed by atoms with E-state index in [4.69, 9.17) is 37.9 Å². The second-order valence-corrected chi connectivity index (χ2v) is 8.69. The summed E-state index contributed by atoms with van der Waals surface area (Å²) < 4.78 is 42.8. The molecule has 0 unspecified atom stereocenters. The summed E-state index contributed by atoms with van der Waals surface area (Å²) in [5.74, 6) is -0.156. The Kier molecular flexibility index (Phi) is 25.3. The molecule has 230 valence electrons. The van der Waals surface area contributed by atoms with Gasteiger partial charge in [-0.3, -0.25) is 4.79 Å². The van der Waals surface area contributed by atoms with E-state index in [1.165, 1.54) is 0 Å². The zero-order valence-corrected chi connectivity index (χ0v) is 24.1. The Bertz CT molecular complexity index is 707. The van der Waals surface area contributed by atoms with Crippen LogP contribution in [0, 0.1) is 0 Å². The normalized spacial score (nSPS) is 10.9. The maximum atomic E-state index is 11.6. The summed E-state index contributed by atoms with van der Waals surface area (Å²) in [6.45, 7) is 8.42. The molecule has 0 fully saturated rings. The largest absolute Gasteiger partial charge is 0.463 e. The van der Waals surface area contributed by atoms with Gasteiger partial charge < -0.3 is 43.2 Å². The summed E-state index contributed by atoms with van der Waals surface area (Å²) in [6.07, 6.45) is 4.28. The van der Waals surface area contributed by atoms with Crippen LogP contribution in [-0.2, 0) is 49.3 Å². The van der Waals surface area contributed by atoms with Gasteiger partial charge in [-0.1, -0.05) is 56.5 Å². The minimum Gasteiger partial charge on any atom is -0.463 e. The molecule has 0 aliphatic heterocycles. The Hall–Kier alpha value is -2.28. The Morgan fingerprint density at radius 1 is 0.600 bits per heavy atom. The first-order valence-corrected chi connectivity index (χ1v) is 14.3. The molecule has 0 spiro atoms. The number of nitrogens with one attached hydrogen (secondary N) is 1. The van der Waals surface area contributed by atoms with E-state index in [1.807, 2.05) is 30.3 Å². The van der Waals surface area contributed by atoms with Gasteiger partial charge in [0.2, 0.25) is 0 Å². The molecule has 1 rings (SSSR count). The summed E-state index contributed by atoms with van der Waals surface area (Å²) in [7, 11) is 0. The lowest BCUT2D eigenvalue weighted by Gasteiger charge is -2.09. The predicted octanol–water partition coefficient (Wildman–Crippen LogP) is 3.53. The first-order valence-electron chi connectivity index (χ1n) is 14.3. The molecule has 11 heteroatoms. The molecule has 1 aromatic carbocycles. The zero-order chi connectivity index (χ0) is 28.8. The lowest BCUT2D eigenvalue weighted by Crippen LogP contribution is -2.28. The lowest BCUT2D eigenvalue weighted by atomic mass is 10.2. The second kappa shape index (κ2) is 28.3. The first kappa shape index (κ1) is 35.7. The molecule has 0 aromatic heterocycles. The van der Waals surface area contributed by atoms with E-state index < -0.39 is 6.09 Å². The molecular weight excluding hydrogens is 522 g/mol. The number of unbranched alkanes of at least 4 members (excludes halogenated alkanes) is 3. The fraction of sp³-hybridized carbons (Fsp3) is 0.724. The van der Waals surface area contributed by atoms with E-state index in [0.717, 1.165) is 31.2 Å². The van der Waals surface area contributed by atoms with Crippen LogP contribution in [0.15, 0.2) is 30.3 Å². The van der Waals surface area contributed by atoms with Crippen molar-refractivity contribution >= 4 is 12.1 Å². The number of amides is 1. The quantitative estimate of drug-likeness (QED) is 0.118.